The number of rotatable bonds is 5. The van der Waals surface area contributed by atoms with Gasteiger partial charge in [0.2, 0.25) is 0 Å². The van der Waals surface area contributed by atoms with Crippen LogP contribution in [0.2, 0.25) is 5.02 Å². The van der Waals surface area contributed by atoms with Crippen LogP contribution in [0, 0.1) is 11.5 Å². The lowest BCUT2D eigenvalue weighted by molar-refractivity contribution is 0.0928. The van der Waals surface area contributed by atoms with Gasteiger partial charge in [0.25, 0.3) is 5.91 Å². The molecule has 0 spiro atoms. The van der Waals surface area contributed by atoms with Gasteiger partial charge in [-0.05, 0) is 43.5 Å². The second-order valence-corrected chi connectivity index (χ2v) is 7.67. The number of pyridine rings is 1. The standard InChI is InChI=1S/C21H21ClN4O2/c1-28-11-14-3-2-4-18(24-14)13-5-7-16(17(22)9-13)21(27)25-19-10-15-6-8-20(19)26(15)12-23/h2-5,7,9,15,19-20H,6,8,10-11H2,1H3,(H,25,27)/t15-,19+,20+/m0/s1. The summed E-state index contributed by atoms with van der Waals surface area (Å²) in [5.74, 6) is -0.201. The Kier molecular flexibility index (Phi) is 5.21. The highest BCUT2D eigenvalue weighted by Crippen LogP contribution is 2.37. The van der Waals surface area contributed by atoms with Crippen molar-refractivity contribution in [3.05, 3.63) is 52.7 Å². The summed E-state index contributed by atoms with van der Waals surface area (Å²) in [5.41, 5.74) is 2.89. The second kappa shape index (κ2) is 7.78. The zero-order valence-corrected chi connectivity index (χ0v) is 16.3. The summed E-state index contributed by atoms with van der Waals surface area (Å²) in [5, 5.41) is 12.7. The van der Waals surface area contributed by atoms with Gasteiger partial charge < -0.3 is 15.0 Å². The molecule has 1 aromatic heterocycles. The molecule has 4 rings (SSSR count). The number of nitrogens with one attached hydrogen (secondary N) is 1. The lowest BCUT2D eigenvalue weighted by Gasteiger charge is -2.22. The monoisotopic (exact) mass is 396 g/mol. The van der Waals surface area contributed by atoms with E-state index in [1.54, 1.807) is 19.2 Å². The summed E-state index contributed by atoms with van der Waals surface area (Å²) in [6.45, 7) is 0.436. The maximum Gasteiger partial charge on any atom is 0.253 e. The van der Waals surface area contributed by atoms with Gasteiger partial charge in [0.15, 0.2) is 6.19 Å². The van der Waals surface area contributed by atoms with E-state index in [1.165, 1.54) is 0 Å². The minimum atomic E-state index is -0.201. The largest absolute Gasteiger partial charge is 0.378 e. The summed E-state index contributed by atoms with van der Waals surface area (Å²) in [6.07, 6.45) is 5.04. The van der Waals surface area contributed by atoms with Crippen LogP contribution >= 0.6 is 11.6 Å². The molecule has 6 nitrogen and oxygen atoms in total. The fourth-order valence-electron chi connectivity index (χ4n) is 4.27. The van der Waals surface area contributed by atoms with Gasteiger partial charge in [-0.3, -0.25) is 9.78 Å². The Morgan fingerprint density at radius 3 is 2.96 bits per heavy atom. The molecule has 0 radical (unpaired) electrons. The van der Waals surface area contributed by atoms with E-state index in [0.717, 1.165) is 36.2 Å². The quantitative estimate of drug-likeness (QED) is 0.784. The van der Waals surface area contributed by atoms with Crippen molar-refractivity contribution in [3.63, 3.8) is 0 Å². The summed E-state index contributed by atoms with van der Waals surface area (Å²) in [6, 6.07) is 11.4. The minimum absolute atomic E-state index is 0.00552. The highest BCUT2D eigenvalue weighted by molar-refractivity contribution is 6.34. The maximum atomic E-state index is 12.8. The molecule has 2 aliphatic rings. The first-order valence-electron chi connectivity index (χ1n) is 9.34. The number of nitrogens with zero attached hydrogens (tertiary/aromatic N) is 3. The van der Waals surface area contributed by atoms with E-state index in [0.29, 0.717) is 17.2 Å². The van der Waals surface area contributed by atoms with Crippen LogP contribution in [0.5, 0.6) is 0 Å². The molecule has 2 saturated heterocycles. The number of carbonyl (C=O) groups is 1. The third-order valence-corrected chi connectivity index (χ3v) is 5.89. The number of aromatic nitrogens is 1. The van der Waals surface area contributed by atoms with Gasteiger partial charge >= 0.3 is 0 Å². The normalized spacial score (nSPS) is 22.9. The molecule has 3 atom stereocenters. The highest BCUT2D eigenvalue weighted by atomic mass is 35.5. The predicted molar refractivity (Wildman–Crippen MR) is 106 cm³/mol. The van der Waals surface area contributed by atoms with Crippen LogP contribution in [0.3, 0.4) is 0 Å². The zero-order chi connectivity index (χ0) is 19.7. The summed E-state index contributed by atoms with van der Waals surface area (Å²) in [7, 11) is 1.63. The molecule has 2 fully saturated rings. The zero-order valence-electron chi connectivity index (χ0n) is 15.6. The van der Waals surface area contributed by atoms with E-state index >= 15 is 0 Å². The molecule has 0 saturated carbocycles. The Morgan fingerprint density at radius 2 is 2.25 bits per heavy atom. The molecule has 1 aromatic carbocycles. The van der Waals surface area contributed by atoms with Crippen LogP contribution < -0.4 is 5.32 Å². The Morgan fingerprint density at radius 1 is 1.39 bits per heavy atom. The van der Waals surface area contributed by atoms with Crippen LogP contribution in [0.15, 0.2) is 36.4 Å². The Labute approximate surface area is 169 Å². The van der Waals surface area contributed by atoms with Gasteiger partial charge in [0, 0.05) is 18.7 Å². The number of ether oxygens (including phenoxy) is 1. The summed E-state index contributed by atoms with van der Waals surface area (Å²) >= 11 is 6.42. The first-order valence-corrected chi connectivity index (χ1v) is 9.72. The number of fused-ring (bicyclic) bond motifs is 2. The van der Waals surface area contributed by atoms with Crippen LogP contribution in [0.1, 0.15) is 35.3 Å². The first kappa shape index (κ1) is 18.7. The first-order chi connectivity index (χ1) is 13.6. The number of amides is 1. The van der Waals surface area contributed by atoms with E-state index in [1.807, 2.05) is 29.2 Å². The number of hydrogen-bond donors (Lipinski definition) is 1. The van der Waals surface area contributed by atoms with Crippen LogP contribution in [0.25, 0.3) is 11.3 Å². The van der Waals surface area contributed by atoms with E-state index < -0.39 is 0 Å². The molecule has 0 aliphatic carbocycles. The van der Waals surface area contributed by atoms with Crippen LogP contribution in [-0.2, 0) is 11.3 Å². The number of nitriles is 1. The summed E-state index contributed by atoms with van der Waals surface area (Å²) in [4.78, 5) is 19.1. The Bertz CT molecular complexity index is 942. The maximum absolute atomic E-state index is 12.8. The van der Waals surface area contributed by atoms with Gasteiger partial charge in [0.1, 0.15) is 0 Å². The number of methoxy groups -OCH3 is 1. The van der Waals surface area contributed by atoms with Crippen molar-refractivity contribution < 1.29 is 9.53 Å². The van der Waals surface area contributed by atoms with Gasteiger partial charge in [-0.2, -0.15) is 5.26 Å². The van der Waals surface area contributed by atoms with Gasteiger partial charge in [-0.1, -0.05) is 23.7 Å². The molecular formula is C21H21ClN4O2. The molecule has 28 heavy (non-hydrogen) atoms. The fraction of sp³-hybridized carbons (Fsp3) is 0.381. The van der Waals surface area contributed by atoms with Crippen molar-refractivity contribution >= 4 is 17.5 Å². The SMILES string of the molecule is COCc1cccc(-c2ccc(C(=O)N[C@@H]3C[C@@H]4CC[C@H]3N4C#N)c(Cl)c2)n1. The van der Waals surface area contributed by atoms with Gasteiger partial charge in [-0.25, -0.2) is 0 Å². The summed E-state index contributed by atoms with van der Waals surface area (Å²) < 4.78 is 5.13. The average Bonchev–Trinajstić information content (AvgIpc) is 3.25. The van der Waals surface area contributed by atoms with Crippen molar-refractivity contribution in [2.45, 2.75) is 44.0 Å². The van der Waals surface area contributed by atoms with Crippen molar-refractivity contribution in [1.29, 1.82) is 5.26 Å². The Hall–Kier alpha value is -2.62. The third kappa shape index (κ3) is 3.44. The molecule has 3 heterocycles. The average molecular weight is 397 g/mol. The molecule has 1 amide bonds. The smallest absolute Gasteiger partial charge is 0.253 e. The molecule has 7 heteroatoms. The molecule has 0 unspecified atom stereocenters. The van der Waals surface area contributed by atoms with E-state index in [4.69, 9.17) is 16.3 Å². The van der Waals surface area contributed by atoms with Gasteiger partial charge in [-0.15, -0.1) is 0 Å². The predicted octanol–water partition coefficient (Wildman–Crippen LogP) is 3.36. The van der Waals surface area contributed by atoms with E-state index in [9.17, 15) is 10.1 Å². The van der Waals surface area contributed by atoms with Crippen molar-refractivity contribution in [3.8, 4) is 17.5 Å². The van der Waals surface area contributed by atoms with E-state index in [-0.39, 0.29) is 24.0 Å². The molecule has 1 N–H and O–H groups in total. The van der Waals surface area contributed by atoms with Crippen LogP contribution in [-0.4, -0.2) is 41.0 Å². The number of carbonyl (C=O) groups excluding carboxylic acids is 1. The lowest BCUT2D eigenvalue weighted by Crippen LogP contribution is -2.43. The highest BCUT2D eigenvalue weighted by Gasteiger charge is 2.46. The number of halogens is 1. The molecule has 2 bridgehead atoms. The minimum Gasteiger partial charge on any atom is -0.378 e. The topological polar surface area (TPSA) is 78.2 Å². The molecule has 2 aromatic rings. The van der Waals surface area contributed by atoms with E-state index in [2.05, 4.69) is 16.5 Å². The number of hydrogen-bond acceptors (Lipinski definition) is 5. The van der Waals surface area contributed by atoms with Crippen molar-refractivity contribution in [2.75, 3.05) is 7.11 Å². The second-order valence-electron chi connectivity index (χ2n) is 7.26. The fourth-order valence-corrected chi connectivity index (χ4v) is 4.54. The molecule has 144 valence electrons. The number of benzene rings is 1. The Balaban J connectivity index is 1.50. The van der Waals surface area contributed by atoms with Gasteiger partial charge in [0.05, 0.1) is 40.7 Å². The van der Waals surface area contributed by atoms with Crippen molar-refractivity contribution in [1.82, 2.24) is 15.2 Å². The lowest BCUT2D eigenvalue weighted by atomic mass is 9.95. The molecule has 2 aliphatic heterocycles. The third-order valence-electron chi connectivity index (χ3n) is 5.58. The van der Waals surface area contributed by atoms with Crippen LogP contribution in [0.4, 0.5) is 0 Å². The van der Waals surface area contributed by atoms with Crippen molar-refractivity contribution in [2.24, 2.45) is 0 Å². The molecular weight excluding hydrogens is 376 g/mol.